The maximum absolute atomic E-state index is 12.2. The van der Waals surface area contributed by atoms with Gasteiger partial charge in [0.25, 0.3) is 0 Å². The van der Waals surface area contributed by atoms with E-state index in [1.54, 1.807) is 0 Å². The van der Waals surface area contributed by atoms with Crippen LogP contribution in [0.15, 0.2) is 0 Å². The fourth-order valence-corrected chi connectivity index (χ4v) is 2.78. The first kappa shape index (κ1) is 33.8. The van der Waals surface area contributed by atoms with Crippen molar-refractivity contribution in [2.24, 2.45) is 11.8 Å². The van der Waals surface area contributed by atoms with E-state index < -0.39 is 0 Å². The molecule has 0 saturated carbocycles. The van der Waals surface area contributed by atoms with E-state index in [0.29, 0.717) is 58.7 Å². The molecule has 0 bridgehead atoms. The van der Waals surface area contributed by atoms with E-state index in [-0.39, 0.29) is 60.9 Å². The predicted molar refractivity (Wildman–Crippen MR) is 137 cm³/mol. The molecule has 2 unspecified atom stereocenters. The van der Waals surface area contributed by atoms with Crippen molar-refractivity contribution in [2.45, 2.75) is 73.0 Å². The highest BCUT2D eigenvalue weighted by Gasteiger charge is 2.15. The number of nitrogens with one attached hydrogen (secondary N) is 4. The zero-order valence-corrected chi connectivity index (χ0v) is 22.9. The Bertz CT molecular complexity index is 644. The normalized spacial score (nSPS) is 12.8. The van der Waals surface area contributed by atoms with Crippen LogP contribution in [0.4, 0.5) is 0 Å². The van der Waals surface area contributed by atoms with Crippen LogP contribution in [-0.2, 0) is 33.4 Å². The molecule has 0 aromatic carbocycles. The third-order valence-corrected chi connectivity index (χ3v) is 5.11. The summed E-state index contributed by atoms with van der Waals surface area (Å²) in [5.74, 6) is -0.687. The fraction of sp³-hybridized carbons (Fsp3) is 0.840. The van der Waals surface area contributed by atoms with Gasteiger partial charge >= 0.3 is 0 Å². The summed E-state index contributed by atoms with van der Waals surface area (Å²) in [5.41, 5.74) is 0. The molecule has 0 aromatic rings. The number of rotatable bonds is 21. The molecule has 2 atom stereocenters. The number of carbonyl (C=O) groups is 4. The monoisotopic (exact) mass is 516 g/mol. The van der Waals surface area contributed by atoms with Gasteiger partial charge < -0.3 is 35.5 Å². The van der Waals surface area contributed by atoms with E-state index in [2.05, 4.69) is 21.3 Å². The molecule has 0 fully saturated rings. The van der Waals surface area contributed by atoms with Crippen LogP contribution in [0.25, 0.3) is 0 Å². The van der Waals surface area contributed by atoms with Gasteiger partial charge in [0.1, 0.15) is 13.2 Å². The largest absolute Gasteiger partial charge is 0.378 e. The molecule has 0 aromatic heterocycles. The summed E-state index contributed by atoms with van der Waals surface area (Å²) >= 11 is 0. The van der Waals surface area contributed by atoms with Crippen molar-refractivity contribution in [3.8, 4) is 0 Å². The van der Waals surface area contributed by atoms with E-state index in [0.717, 1.165) is 0 Å². The van der Waals surface area contributed by atoms with Crippen LogP contribution in [0.5, 0.6) is 0 Å². The molecule has 4 amide bonds. The third kappa shape index (κ3) is 20.0. The lowest BCUT2D eigenvalue weighted by molar-refractivity contribution is -0.128. The van der Waals surface area contributed by atoms with Gasteiger partial charge in [-0.25, -0.2) is 0 Å². The highest BCUT2D eigenvalue weighted by atomic mass is 16.5. The Morgan fingerprint density at radius 2 is 1.17 bits per heavy atom. The molecule has 0 spiro atoms. The summed E-state index contributed by atoms with van der Waals surface area (Å²) in [6, 6.07) is 0. The molecule has 0 aliphatic rings. The standard InChI is InChI=1S/C25H48N4O7/c1-18(2)24(32)29-13-15-34-14-12-27-23(31)17-36-21(6)9-8-20(5)25(33)28-11-7-10-26-22(30)16-35-19(3)4/h18-21H,7-17H2,1-6H3,(H,26,30)(H,27,31)(H,28,33)(H,29,32). The van der Waals surface area contributed by atoms with Crippen LogP contribution in [0, 0.1) is 11.8 Å². The first-order valence-corrected chi connectivity index (χ1v) is 12.9. The van der Waals surface area contributed by atoms with E-state index in [4.69, 9.17) is 14.2 Å². The summed E-state index contributed by atoms with van der Waals surface area (Å²) in [4.78, 5) is 47.1. The molecule has 0 rings (SSSR count). The molecule has 11 nitrogen and oxygen atoms in total. The maximum atomic E-state index is 12.2. The van der Waals surface area contributed by atoms with Crippen LogP contribution in [-0.4, -0.2) is 88.4 Å². The van der Waals surface area contributed by atoms with Gasteiger partial charge in [-0.05, 0) is 40.0 Å². The van der Waals surface area contributed by atoms with E-state index in [9.17, 15) is 19.2 Å². The Balaban J connectivity index is 3.73. The smallest absolute Gasteiger partial charge is 0.246 e. The molecular weight excluding hydrogens is 468 g/mol. The van der Waals surface area contributed by atoms with Gasteiger partial charge in [0, 0.05) is 38.0 Å². The van der Waals surface area contributed by atoms with Crippen LogP contribution in [0.2, 0.25) is 0 Å². The van der Waals surface area contributed by atoms with Crippen molar-refractivity contribution >= 4 is 23.6 Å². The first-order chi connectivity index (χ1) is 17.0. The van der Waals surface area contributed by atoms with Crippen molar-refractivity contribution < 1.29 is 33.4 Å². The van der Waals surface area contributed by atoms with Gasteiger partial charge in [-0.15, -0.1) is 0 Å². The quantitative estimate of drug-likeness (QED) is 0.165. The number of hydrogen-bond acceptors (Lipinski definition) is 7. The molecule has 36 heavy (non-hydrogen) atoms. The summed E-state index contributed by atoms with van der Waals surface area (Å²) in [6.07, 6.45) is 1.78. The molecule has 0 heterocycles. The Morgan fingerprint density at radius 3 is 1.78 bits per heavy atom. The zero-order chi connectivity index (χ0) is 27.3. The number of amides is 4. The summed E-state index contributed by atoms with van der Waals surface area (Å²) in [5, 5.41) is 11.1. The fourth-order valence-electron chi connectivity index (χ4n) is 2.78. The van der Waals surface area contributed by atoms with Crippen LogP contribution < -0.4 is 21.3 Å². The molecule has 0 aliphatic heterocycles. The number of hydrogen-bond donors (Lipinski definition) is 4. The van der Waals surface area contributed by atoms with Crippen LogP contribution in [0.3, 0.4) is 0 Å². The highest BCUT2D eigenvalue weighted by molar-refractivity contribution is 5.78. The molecule has 0 radical (unpaired) electrons. The number of ether oxygens (including phenoxy) is 3. The van der Waals surface area contributed by atoms with Crippen molar-refractivity contribution in [2.75, 3.05) is 52.6 Å². The lowest BCUT2D eigenvalue weighted by Crippen LogP contribution is -2.34. The van der Waals surface area contributed by atoms with Gasteiger partial charge in [0.05, 0.1) is 25.4 Å². The first-order valence-electron chi connectivity index (χ1n) is 12.9. The lowest BCUT2D eigenvalue weighted by Gasteiger charge is -2.16. The summed E-state index contributed by atoms with van der Waals surface area (Å²) in [6.45, 7) is 13.6. The Morgan fingerprint density at radius 1 is 0.639 bits per heavy atom. The van der Waals surface area contributed by atoms with Crippen molar-refractivity contribution in [3.05, 3.63) is 0 Å². The Labute approximate surface area is 216 Å². The predicted octanol–water partition coefficient (Wildman–Crippen LogP) is 0.760. The minimum atomic E-state index is -0.229. The zero-order valence-electron chi connectivity index (χ0n) is 22.9. The Hall–Kier alpha value is -2.24. The van der Waals surface area contributed by atoms with Gasteiger partial charge in [-0.2, -0.15) is 0 Å². The lowest BCUT2D eigenvalue weighted by atomic mass is 10.0. The third-order valence-electron chi connectivity index (χ3n) is 5.11. The van der Waals surface area contributed by atoms with Crippen molar-refractivity contribution in [1.82, 2.24) is 21.3 Å². The summed E-state index contributed by atoms with van der Waals surface area (Å²) in [7, 11) is 0. The topological polar surface area (TPSA) is 144 Å². The van der Waals surface area contributed by atoms with Gasteiger partial charge in [0.15, 0.2) is 0 Å². The average Bonchev–Trinajstić information content (AvgIpc) is 2.83. The van der Waals surface area contributed by atoms with E-state index in [1.165, 1.54) is 0 Å². The molecule has 4 N–H and O–H groups in total. The van der Waals surface area contributed by atoms with Gasteiger partial charge in [0.2, 0.25) is 23.6 Å². The second kappa shape index (κ2) is 20.9. The van der Waals surface area contributed by atoms with Crippen LogP contribution in [0.1, 0.15) is 60.8 Å². The maximum Gasteiger partial charge on any atom is 0.246 e. The van der Waals surface area contributed by atoms with Crippen molar-refractivity contribution in [3.63, 3.8) is 0 Å². The second-order valence-electron chi connectivity index (χ2n) is 9.36. The number of carbonyl (C=O) groups excluding carboxylic acids is 4. The van der Waals surface area contributed by atoms with E-state index >= 15 is 0 Å². The molecule has 210 valence electrons. The SMILES string of the molecule is CC(C)OCC(=O)NCCCNC(=O)C(C)CCC(C)OCC(=O)NCCOCCNC(=O)C(C)C. The molecular formula is C25H48N4O7. The average molecular weight is 517 g/mol. The van der Waals surface area contributed by atoms with Gasteiger partial charge in [-0.1, -0.05) is 20.8 Å². The van der Waals surface area contributed by atoms with Gasteiger partial charge in [-0.3, -0.25) is 19.2 Å². The molecule has 0 saturated heterocycles. The Kier molecular flexibility index (Phi) is 19.6. The minimum Gasteiger partial charge on any atom is -0.378 e. The molecule has 0 aliphatic carbocycles. The van der Waals surface area contributed by atoms with E-state index in [1.807, 2.05) is 41.5 Å². The molecule has 11 heteroatoms. The highest BCUT2D eigenvalue weighted by Crippen LogP contribution is 2.10. The van der Waals surface area contributed by atoms with Crippen molar-refractivity contribution in [1.29, 1.82) is 0 Å². The summed E-state index contributed by atoms with van der Waals surface area (Å²) < 4.78 is 16.2. The van der Waals surface area contributed by atoms with Crippen LogP contribution >= 0.6 is 0 Å². The second-order valence-corrected chi connectivity index (χ2v) is 9.36. The minimum absolute atomic E-state index is 0.00896.